The highest BCUT2D eigenvalue weighted by Crippen LogP contribution is 2.36. The standard InChI is InChI=1S/C22H21N7S/c1-15-19(13-27-29(15)18-5-4-7-24-12-18)16-9-20(30-21-6-2-3-8-25-21)22-17(10-23)11-26-28(22)14-16/h2-3,6,8-9,11,13-14,18,24H,4-5,7,12H2,1H3/t18-/m0/s1. The molecular formula is C22H21N7S. The van der Waals surface area contributed by atoms with Gasteiger partial charge in [-0.25, -0.2) is 9.50 Å². The number of fused-ring (bicyclic) bond motifs is 1. The smallest absolute Gasteiger partial charge is 0.103 e. The van der Waals surface area contributed by atoms with Crippen molar-refractivity contribution in [1.82, 2.24) is 29.7 Å². The van der Waals surface area contributed by atoms with Gasteiger partial charge in [0.2, 0.25) is 0 Å². The minimum Gasteiger partial charge on any atom is -0.315 e. The zero-order chi connectivity index (χ0) is 20.5. The van der Waals surface area contributed by atoms with E-state index in [-0.39, 0.29) is 0 Å². The second-order valence-electron chi connectivity index (χ2n) is 7.41. The van der Waals surface area contributed by atoms with E-state index in [4.69, 9.17) is 5.10 Å². The van der Waals surface area contributed by atoms with Gasteiger partial charge in [0, 0.05) is 40.7 Å². The first kappa shape index (κ1) is 18.9. The number of hydrogen-bond acceptors (Lipinski definition) is 6. The molecule has 1 aliphatic rings. The largest absolute Gasteiger partial charge is 0.315 e. The summed E-state index contributed by atoms with van der Waals surface area (Å²) in [6, 6.07) is 10.6. The van der Waals surface area contributed by atoms with E-state index in [1.807, 2.05) is 30.6 Å². The molecule has 7 nitrogen and oxygen atoms in total. The number of hydrogen-bond donors (Lipinski definition) is 1. The van der Waals surface area contributed by atoms with Crippen LogP contribution in [-0.2, 0) is 0 Å². The predicted molar refractivity (Wildman–Crippen MR) is 115 cm³/mol. The Hall–Kier alpha value is -3.15. The maximum atomic E-state index is 9.55. The van der Waals surface area contributed by atoms with Gasteiger partial charge in [-0.1, -0.05) is 17.8 Å². The van der Waals surface area contributed by atoms with Crippen LogP contribution in [-0.4, -0.2) is 37.5 Å². The lowest BCUT2D eigenvalue weighted by molar-refractivity contribution is 0.342. The summed E-state index contributed by atoms with van der Waals surface area (Å²) in [4.78, 5) is 5.38. The molecule has 0 aromatic carbocycles. The first-order chi connectivity index (χ1) is 14.7. The topological polar surface area (TPSA) is 83.8 Å². The lowest BCUT2D eigenvalue weighted by Gasteiger charge is -2.24. The van der Waals surface area contributed by atoms with Crippen LogP contribution in [0.25, 0.3) is 16.6 Å². The number of nitrogens with zero attached hydrogens (tertiary/aromatic N) is 6. The Morgan fingerprint density at radius 2 is 2.20 bits per heavy atom. The second kappa shape index (κ2) is 7.94. The Kier molecular flexibility index (Phi) is 4.99. The average Bonchev–Trinajstić information content (AvgIpc) is 3.38. The third kappa shape index (κ3) is 3.36. The molecule has 0 unspecified atom stereocenters. The summed E-state index contributed by atoms with van der Waals surface area (Å²) in [5.74, 6) is 0. The van der Waals surface area contributed by atoms with Crippen molar-refractivity contribution in [3.63, 3.8) is 0 Å². The quantitative estimate of drug-likeness (QED) is 0.545. The van der Waals surface area contributed by atoms with E-state index >= 15 is 0 Å². The van der Waals surface area contributed by atoms with Crippen LogP contribution in [0, 0.1) is 18.3 Å². The molecule has 0 spiro atoms. The molecule has 1 fully saturated rings. The summed E-state index contributed by atoms with van der Waals surface area (Å²) < 4.78 is 3.93. The molecule has 0 bridgehead atoms. The maximum Gasteiger partial charge on any atom is 0.103 e. The molecule has 5 heterocycles. The highest BCUT2D eigenvalue weighted by molar-refractivity contribution is 7.99. The molecule has 8 heteroatoms. The number of piperidine rings is 1. The van der Waals surface area contributed by atoms with Crippen LogP contribution in [0.3, 0.4) is 0 Å². The molecule has 4 aromatic rings. The monoisotopic (exact) mass is 415 g/mol. The number of nitriles is 1. The van der Waals surface area contributed by atoms with E-state index in [1.54, 1.807) is 28.7 Å². The van der Waals surface area contributed by atoms with Crippen LogP contribution < -0.4 is 5.32 Å². The fourth-order valence-corrected chi connectivity index (χ4v) is 5.00. The summed E-state index contributed by atoms with van der Waals surface area (Å²) in [6.07, 6.45) is 9.61. The molecule has 0 amide bonds. The van der Waals surface area contributed by atoms with Crippen molar-refractivity contribution in [3.8, 4) is 17.2 Å². The number of nitrogens with one attached hydrogen (secondary N) is 1. The molecule has 30 heavy (non-hydrogen) atoms. The lowest BCUT2D eigenvalue weighted by atomic mass is 10.1. The first-order valence-electron chi connectivity index (χ1n) is 10.00. The van der Waals surface area contributed by atoms with Gasteiger partial charge in [-0.15, -0.1) is 0 Å². The molecule has 150 valence electrons. The normalized spacial score (nSPS) is 16.6. The van der Waals surface area contributed by atoms with Gasteiger partial charge in [0.25, 0.3) is 0 Å². The van der Waals surface area contributed by atoms with E-state index in [1.165, 1.54) is 6.42 Å². The van der Waals surface area contributed by atoms with Crippen molar-refractivity contribution in [3.05, 3.63) is 60.3 Å². The molecule has 1 atom stereocenters. The van der Waals surface area contributed by atoms with Crippen molar-refractivity contribution >= 4 is 17.3 Å². The average molecular weight is 416 g/mol. The summed E-state index contributed by atoms with van der Waals surface area (Å²) in [6.45, 7) is 4.15. The van der Waals surface area contributed by atoms with Gasteiger partial charge in [0.15, 0.2) is 0 Å². The molecule has 0 radical (unpaired) electrons. The van der Waals surface area contributed by atoms with Crippen molar-refractivity contribution in [1.29, 1.82) is 5.26 Å². The molecule has 1 aliphatic heterocycles. The molecule has 4 aromatic heterocycles. The number of rotatable bonds is 4. The minimum atomic E-state index is 0.383. The Morgan fingerprint density at radius 1 is 1.27 bits per heavy atom. The van der Waals surface area contributed by atoms with E-state index in [9.17, 15) is 5.26 Å². The minimum absolute atomic E-state index is 0.383. The highest BCUT2D eigenvalue weighted by Gasteiger charge is 2.21. The van der Waals surface area contributed by atoms with Crippen molar-refractivity contribution in [2.24, 2.45) is 0 Å². The van der Waals surface area contributed by atoms with Gasteiger partial charge < -0.3 is 5.32 Å². The van der Waals surface area contributed by atoms with Crippen molar-refractivity contribution < 1.29 is 0 Å². The van der Waals surface area contributed by atoms with Crippen LogP contribution in [0.15, 0.2) is 59.0 Å². The van der Waals surface area contributed by atoms with Gasteiger partial charge in [-0.05, 0) is 44.5 Å². The predicted octanol–water partition coefficient (Wildman–Crippen LogP) is 3.85. The Balaban J connectivity index is 1.60. The maximum absolute atomic E-state index is 9.55. The van der Waals surface area contributed by atoms with Gasteiger partial charge in [-0.2, -0.15) is 15.5 Å². The fourth-order valence-electron chi connectivity index (χ4n) is 4.03. The molecule has 0 saturated carbocycles. The number of pyridine rings is 2. The molecule has 0 aliphatic carbocycles. The van der Waals surface area contributed by atoms with E-state index in [2.05, 4.69) is 39.1 Å². The van der Waals surface area contributed by atoms with Crippen LogP contribution in [0.1, 0.15) is 30.1 Å². The van der Waals surface area contributed by atoms with Gasteiger partial charge in [-0.3, -0.25) is 4.68 Å². The third-order valence-corrected chi connectivity index (χ3v) is 6.50. The van der Waals surface area contributed by atoms with E-state index in [0.717, 1.165) is 51.8 Å². The van der Waals surface area contributed by atoms with Crippen molar-refractivity contribution in [2.75, 3.05) is 13.1 Å². The fraction of sp³-hybridized carbons (Fsp3) is 0.273. The highest BCUT2D eigenvalue weighted by atomic mass is 32.2. The van der Waals surface area contributed by atoms with Gasteiger partial charge in [0.05, 0.1) is 29.5 Å². The zero-order valence-electron chi connectivity index (χ0n) is 16.6. The second-order valence-corrected chi connectivity index (χ2v) is 8.48. The van der Waals surface area contributed by atoms with E-state index in [0.29, 0.717) is 11.6 Å². The molecule has 1 saturated heterocycles. The summed E-state index contributed by atoms with van der Waals surface area (Å²) >= 11 is 1.54. The summed E-state index contributed by atoms with van der Waals surface area (Å²) in [7, 11) is 0. The summed E-state index contributed by atoms with van der Waals surface area (Å²) in [5, 5.41) is 23.0. The van der Waals surface area contributed by atoms with Crippen LogP contribution in [0.4, 0.5) is 0 Å². The first-order valence-corrected chi connectivity index (χ1v) is 10.8. The zero-order valence-corrected chi connectivity index (χ0v) is 17.4. The Morgan fingerprint density at radius 3 is 2.97 bits per heavy atom. The third-order valence-electron chi connectivity index (χ3n) is 5.52. The van der Waals surface area contributed by atoms with Crippen molar-refractivity contribution in [2.45, 2.75) is 35.7 Å². The van der Waals surface area contributed by atoms with Crippen LogP contribution >= 0.6 is 11.8 Å². The Labute approximate surface area is 178 Å². The van der Waals surface area contributed by atoms with Gasteiger partial charge in [0.1, 0.15) is 11.1 Å². The lowest BCUT2D eigenvalue weighted by Crippen LogP contribution is -2.32. The molecule has 5 rings (SSSR count). The SMILES string of the molecule is Cc1c(-c2cc(Sc3ccccn3)c3c(C#N)cnn3c2)cnn1[C@H]1CCCNC1. The van der Waals surface area contributed by atoms with E-state index < -0.39 is 0 Å². The molecular weight excluding hydrogens is 394 g/mol. The summed E-state index contributed by atoms with van der Waals surface area (Å²) in [5.41, 5.74) is 4.61. The van der Waals surface area contributed by atoms with Gasteiger partial charge >= 0.3 is 0 Å². The van der Waals surface area contributed by atoms with Crippen LogP contribution in [0.5, 0.6) is 0 Å². The van der Waals surface area contributed by atoms with Crippen LogP contribution in [0.2, 0.25) is 0 Å². The number of aromatic nitrogens is 5. The Bertz CT molecular complexity index is 1230. The molecule has 1 N–H and O–H groups in total.